The van der Waals surface area contributed by atoms with Crippen molar-refractivity contribution >= 4 is 11.9 Å². The lowest BCUT2D eigenvalue weighted by Crippen LogP contribution is -1.96. The molecule has 24 heavy (non-hydrogen) atoms. The van der Waals surface area contributed by atoms with Gasteiger partial charge in [-0.05, 0) is 30.3 Å². The number of carboxylic acid groups (broad SMARTS) is 1. The SMILES string of the molecule is Nc1nccc(-c2cc(C(=O)O)c(-c3ccc4c(c3)OCO4)[nH]2)n1. The molecular weight excluding hydrogens is 312 g/mol. The monoisotopic (exact) mass is 324 g/mol. The van der Waals surface area contributed by atoms with Crippen LogP contribution in [0.4, 0.5) is 5.95 Å². The van der Waals surface area contributed by atoms with E-state index in [2.05, 4.69) is 15.0 Å². The average Bonchev–Trinajstić information content (AvgIpc) is 3.21. The van der Waals surface area contributed by atoms with Crippen LogP contribution in [0.1, 0.15) is 10.4 Å². The summed E-state index contributed by atoms with van der Waals surface area (Å²) in [6.45, 7) is 0.154. The number of aromatic amines is 1. The van der Waals surface area contributed by atoms with Crippen molar-refractivity contribution in [2.75, 3.05) is 12.5 Å². The van der Waals surface area contributed by atoms with Gasteiger partial charge in [0.05, 0.1) is 22.6 Å². The normalized spacial score (nSPS) is 12.3. The summed E-state index contributed by atoms with van der Waals surface area (Å²) in [5, 5.41) is 9.50. The Hall–Kier alpha value is -3.55. The van der Waals surface area contributed by atoms with E-state index in [1.807, 2.05) is 0 Å². The number of aromatic nitrogens is 3. The third-order valence-corrected chi connectivity index (χ3v) is 3.66. The molecule has 0 amide bonds. The minimum atomic E-state index is -1.05. The predicted molar refractivity (Wildman–Crippen MR) is 84.7 cm³/mol. The van der Waals surface area contributed by atoms with Gasteiger partial charge in [0.2, 0.25) is 12.7 Å². The van der Waals surface area contributed by atoms with Gasteiger partial charge >= 0.3 is 5.97 Å². The van der Waals surface area contributed by atoms with Crippen molar-refractivity contribution in [1.82, 2.24) is 15.0 Å². The predicted octanol–water partition coefficient (Wildman–Crippen LogP) is 2.15. The first-order valence-corrected chi connectivity index (χ1v) is 7.07. The molecule has 8 heteroatoms. The number of anilines is 1. The molecule has 0 spiro atoms. The summed E-state index contributed by atoms with van der Waals surface area (Å²) < 4.78 is 10.6. The second kappa shape index (κ2) is 5.27. The van der Waals surface area contributed by atoms with Crippen LogP contribution in [0.25, 0.3) is 22.6 Å². The first-order chi connectivity index (χ1) is 11.6. The van der Waals surface area contributed by atoms with E-state index in [4.69, 9.17) is 15.2 Å². The number of hydrogen-bond donors (Lipinski definition) is 3. The van der Waals surface area contributed by atoms with E-state index in [0.717, 1.165) is 0 Å². The molecule has 4 rings (SSSR count). The number of nitrogens with zero attached hydrogens (tertiary/aromatic N) is 2. The minimum absolute atomic E-state index is 0.114. The second-order valence-electron chi connectivity index (χ2n) is 5.14. The van der Waals surface area contributed by atoms with Gasteiger partial charge in [0.25, 0.3) is 0 Å². The van der Waals surface area contributed by atoms with E-state index in [1.54, 1.807) is 24.3 Å². The lowest BCUT2D eigenvalue weighted by Gasteiger charge is -2.03. The van der Waals surface area contributed by atoms with Crippen molar-refractivity contribution < 1.29 is 19.4 Å². The highest BCUT2D eigenvalue weighted by Crippen LogP contribution is 2.37. The number of rotatable bonds is 3. The van der Waals surface area contributed by atoms with E-state index < -0.39 is 5.97 Å². The van der Waals surface area contributed by atoms with Crippen LogP contribution in [0.15, 0.2) is 36.5 Å². The van der Waals surface area contributed by atoms with E-state index in [1.165, 1.54) is 12.3 Å². The third kappa shape index (κ3) is 2.30. The molecule has 8 nitrogen and oxygen atoms in total. The third-order valence-electron chi connectivity index (χ3n) is 3.66. The van der Waals surface area contributed by atoms with Crippen molar-refractivity contribution in [2.45, 2.75) is 0 Å². The highest BCUT2D eigenvalue weighted by Gasteiger charge is 2.20. The van der Waals surface area contributed by atoms with Gasteiger partial charge in [0.15, 0.2) is 11.5 Å². The zero-order valence-electron chi connectivity index (χ0n) is 12.3. The molecular formula is C16H12N4O4. The largest absolute Gasteiger partial charge is 0.478 e. The fourth-order valence-electron chi connectivity index (χ4n) is 2.56. The molecule has 3 aromatic rings. The van der Waals surface area contributed by atoms with Crippen LogP contribution >= 0.6 is 0 Å². The molecule has 0 bridgehead atoms. The van der Waals surface area contributed by atoms with Crippen LogP contribution < -0.4 is 15.2 Å². The Morgan fingerprint density at radius 3 is 2.83 bits per heavy atom. The van der Waals surface area contributed by atoms with Gasteiger partial charge in [-0.25, -0.2) is 14.8 Å². The maximum atomic E-state index is 11.6. The molecule has 0 fully saturated rings. The summed E-state index contributed by atoms with van der Waals surface area (Å²) in [5.41, 5.74) is 7.89. The van der Waals surface area contributed by atoms with E-state index in [9.17, 15) is 9.90 Å². The fourth-order valence-corrected chi connectivity index (χ4v) is 2.56. The molecule has 0 saturated heterocycles. The van der Waals surface area contributed by atoms with Crippen LogP contribution in [0.3, 0.4) is 0 Å². The number of ether oxygens (including phenoxy) is 2. The molecule has 2 aromatic heterocycles. The highest BCUT2D eigenvalue weighted by molar-refractivity contribution is 5.97. The molecule has 0 unspecified atom stereocenters. The van der Waals surface area contributed by atoms with Crippen molar-refractivity contribution in [3.05, 3.63) is 42.1 Å². The first-order valence-electron chi connectivity index (χ1n) is 7.07. The summed E-state index contributed by atoms with van der Waals surface area (Å²) in [6.07, 6.45) is 1.51. The van der Waals surface area contributed by atoms with E-state index in [0.29, 0.717) is 34.1 Å². The maximum absolute atomic E-state index is 11.6. The number of carboxylic acids is 1. The molecule has 1 aliphatic heterocycles. The highest BCUT2D eigenvalue weighted by atomic mass is 16.7. The second-order valence-corrected chi connectivity index (χ2v) is 5.14. The Kier molecular flexibility index (Phi) is 3.09. The Morgan fingerprint density at radius 1 is 1.21 bits per heavy atom. The van der Waals surface area contributed by atoms with Gasteiger partial charge in [0.1, 0.15) is 0 Å². The number of hydrogen-bond acceptors (Lipinski definition) is 6. The zero-order chi connectivity index (χ0) is 16.7. The van der Waals surface area contributed by atoms with Gasteiger partial charge in [-0.2, -0.15) is 0 Å². The molecule has 0 saturated carbocycles. The topological polar surface area (TPSA) is 123 Å². The van der Waals surface area contributed by atoms with E-state index in [-0.39, 0.29) is 18.3 Å². The Labute approximate surface area is 135 Å². The molecule has 120 valence electrons. The standard InChI is InChI=1S/C16H12N4O4/c17-16-18-4-3-10(20-16)11-6-9(15(21)22)14(19-11)8-1-2-12-13(5-8)24-7-23-12/h1-6,19H,7H2,(H,21,22)(H2,17,18,20). The smallest absolute Gasteiger partial charge is 0.337 e. The molecule has 4 N–H and O–H groups in total. The first kappa shape index (κ1) is 14.1. The summed E-state index contributed by atoms with van der Waals surface area (Å²) in [6, 6.07) is 8.41. The van der Waals surface area contributed by atoms with E-state index >= 15 is 0 Å². The molecule has 0 radical (unpaired) electrons. The molecule has 3 heterocycles. The van der Waals surface area contributed by atoms with Crippen LogP contribution in [0, 0.1) is 0 Å². The zero-order valence-corrected chi connectivity index (χ0v) is 12.3. The number of H-pyrrole nitrogens is 1. The number of benzene rings is 1. The summed E-state index contributed by atoms with van der Waals surface area (Å²) in [4.78, 5) is 22.6. The number of nitrogens with two attached hydrogens (primary N) is 1. The lowest BCUT2D eigenvalue weighted by atomic mass is 10.1. The quantitative estimate of drug-likeness (QED) is 0.674. The maximum Gasteiger partial charge on any atom is 0.337 e. The van der Waals surface area contributed by atoms with Crippen molar-refractivity contribution in [2.24, 2.45) is 0 Å². The van der Waals surface area contributed by atoms with Crippen molar-refractivity contribution in [1.29, 1.82) is 0 Å². The van der Waals surface area contributed by atoms with Crippen LogP contribution in [-0.2, 0) is 0 Å². The van der Waals surface area contributed by atoms with Crippen LogP contribution in [-0.4, -0.2) is 32.8 Å². The molecule has 0 aliphatic carbocycles. The minimum Gasteiger partial charge on any atom is -0.478 e. The molecule has 0 atom stereocenters. The summed E-state index contributed by atoms with van der Waals surface area (Å²) >= 11 is 0. The molecule has 1 aromatic carbocycles. The number of fused-ring (bicyclic) bond motifs is 1. The number of carbonyl (C=O) groups is 1. The summed E-state index contributed by atoms with van der Waals surface area (Å²) in [5.74, 6) is 0.271. The lowest BCUT2D eigenvalue weighted by molar-refractivity contribution is 0.0698. The van der Waals surface area contributed by atoms with Gasteiger partial charge in [-0.1, -0.05) is 0 Å². The number of aromatic carboxylic acids is 1. The van der Waals surface area contributed by atoms with Crippen LogP contribution in [0.2, 0.25) is 0 Å². The Balaban J connectivity index is 1.84. The fraction of sp³-hybridized carbons (Fsp3) is 0.0625. The molecule has 1 aliphatic rings. The van der Waals surface area contributed by atoms with Gasteiger partial charge in [-0.3, -0.25) is 0 Å². The van der Waals surface area contributed by atoms with Crippen LogP contribution in [0.5, 0.6) is 11.5 Å². The van der Waals surface area contributed by atoms with Crippen molar-refractivity contribution in [3.8, 4) is 34.1 Å². The number of nitrogens with one attached hydrogen (secondary N) is 1. The van der Waals surface area contributed by atoms with Gasteiger partial charge in [0, 0.05) is 11.8 Å². The average molecular weight is 324 g/mol. The number of nitrogen functional groups attached to an aromatic ring is 1. The Morgan fingerprint density at radius 2 is 2.04 bits per heavy atom. The van der Waals surface area contributed by atoms with Crippen molar-refractivity contribution in [3.63, 3.8) is 0 Å². The van der Waals surface area contributed by atoms with Gasteiger partial charge < -0.3 is 25.3 Å². The summed E-state index contributed by atoms with van der Waals surface area (Å²) in [7, 11) is 0. The van der Waals surface area contributed by atoms with Gasteiger partial charge in [-0.15, -0.1) is 0 Å². The Bertz CT molecular complexity index is 951.